The lowest BCUT2D eigenvalue weighted by atomic mass is 9.92. The molecular weight excluding hydrogens is 234 g/mol. The van der Waals surface area contributed by atoms with Crippen LogP contribution < -0.4 is 5.32 Å². The minimum Gasteiger partial charge on any atom is -0.481 e. The quantitative estimate of drug-likeness (QED) is 0.665. The minimum absolute atomic E-state index is 0. The van der Waals surface area contributed by atoms with Crippen molar-refractivity contribution in [3.63, 3.8) is 0 Å². The second kappa shape index (κ2) is 7.46. The van der Waals surface area contributed by atoms with Crippen molar-refractivity contribution in [3.05, 3.63) is 0 Å². The molecule has 0 aromatic rings. The summed E-state index contributed by atoms with van der Waals surface area (Å²) in [7, 11) is 0. The Morgan fingerprint density at radius 3 is 2.06 bits per heavy atom. The van der Waals surface area contributed by atoms with Crippen molar-refractivity contribution in [2.75, 3.05) is 6.54 Å². The Labute approximate surface area is 102 Å². The van der Waals surface area contributed by atoms with E-state index in [0.29, 0.717) is 6.54 Å². The zero-order chi connectivity index (χ0) is 12.1. The van der Waals surface area contributed by atoms with Crippen LogP contribution in [0, 0.1) is 5.41 Å². The molecular formula is C10H20ClNO4. The fourth-order valence-electron chi connectivity index (χ4n) is 1.04. The Kier molecular flexibility index (Phi) is 8.20. The summed E-state index contributed by atoms with van der Waals surface area (Å²) >= 11 is 0. The first-order valence-electron chi connectivity index (χ1n) is 4.90. The summed E-state index contributed by atoms with van der Waals surface area (Å²) in [5.41, 5.74) is 0.110. The van der Waals surface area contributed by atoms with Crippen LogP contribution in [-0.4, -0.2) is 34.7 Å². The van der Waals surface area contributed by atoms with Crippen molar-refractivity contribution in [2.45, 2.75) is 39.7 Å². The third-order valence-electron chi connectivity index (χ3n) is 1.94. The molecule has 0 heterocycles. The number of nitrogens with one attached hydrogen (secondary N) is 1. The Hall–Kier alpha value is -0.810. The molecule has 0 aliphatic heterocycles. The molecule has 3 N–H and O–H groups in total. The number of hydrogen-bond donors (Lipinski definition) is 3. The highest BCUT2D eigenvalue weighted by molar-refractivity contribution is 5.85. The predicted molar refractivity (Wildman–Crippen MR) is 63.0 cm³/mol. The van der Waals surface area contributed by atoms with E-state index < -0.39 is 18.0 Å². The van der Waals surface area contributed by atoms with Gasteiger partial charge < -0.3 is 15.5 Å². The second-order valence-electron chi connectivity index (χ2n) is 4.75. The summed E-state index contributed by atoms with van der Waals surface area (Å²) in [6.07, 6.45) is 0.413. The van der Waals surface area contributed by atoms with E-state index >= 15 is 0 Å². The molecule has 0 aliphatic carbocycles. The third-order valence-corrected chi connectivity index (χ3v) is 1.94. The predicted octanol–water partition coefficient (Wildman–Crippen LogP) is 1.36. The van der Waals surface area contributed by atoms with E-state index in [-0.39, 0.29) is 24.2 Å². The fraction of sp³-hybridized carbons (Fsp3) is 0.800. The molecule has 6 heteroatoms. The Bertz CT molecular complexity index is 237. The maximum atomic E-state index is 10.7. The molecule has 0 aromatic carbocycles. The minimum atomic E-state index is -1.12. The summed E-state index contributed by atoms with van der Waals surface area (Å²) < 4.78 is 0. The molecule has 0 unspecified atom stereocenters. The van der Waals surface area contributed by atoms with Crippen LogP contribution in [0.1, 0.15) is 33.6 Å². The summed E-state index contributed by atoms with van der Waals surface area (Å²) in [5, 5.41) is 19.9. The second-order valence-corrected chi connectivity index (χ2v) is 4.75. The molecule has 1 atom stereocenters. The normalized spacial score (nSPS) is 12.7. The molecule has 96 valence electrons. The van der Waals surface area contributed by atoms with Crippen LogP contribution in [-0.2, 0) is 9.59 Å². The summed E-state index contributed by atoms with van der Waals surface area (Å²) in [6, 6.07) is -0.996. The molecule has 0 rings (SSSR count). The van der Waals surface area contributed by atoms with Gasteiger partial charge in [0.25, 0.3) is 0 Å². The van der Waals surface area contributed by atoms with Crippen LogP contribution in [0.4, 0.5) is 0 Å². The number of carboxylic acid groups (broad SMARTS) is 2. The van der Waals surface area contributed by atoms with Crippen LogP contribution >= 0.6 is 12.4 Å². The highest BCUT2D eigenvalue weighted by Crippen LogP contribution is 2.17. The first-order valence-corrected chi connectivity index (χ1v) is 4.90. The zero-order valence-electron chi connectivity index (χ0n) is 9.82. The summed E-state index contributed by atoms with van der Waals surface area (Å²) in [6.45, 7) is 6.64. The van der Waals surface area contributed by atoms with Crippen LogP contribution in [0.2, 0.25) is 0 Å². The van der Waals surface area contributed by atoms with Gasteiger partial charge >= 0.3 is 11.9 Å². The van der Waals surface area contributed by atoms with Crippen molar-refractivity contribution in [2.24, 2.45) is 5.41 Å². The standard InChI is InChI=1S/C10H19NO4.ClH/c1-10(2,3)4-5-11-7(9(14)15)6-8(12)13;/h7,11H,4-6H2,1-3H3,(H,12,13)(H,14,15);1H/t7-;/m0./s1. The van der Waals surface area contributed by atoms with Gasteiger partial charge in [-0.15, -0.1) is 12.4 Å². The lowest BCUT2D eigenvalue weighted by molar-refractivity contribution is -0.145. The SMILES string of the molecule is CC(C)(C)CCN[C@@H](CC(=O)O)C(=O)O.Cl. The van der Waals surface area contributed by atoms with Gasteiger partial charge in [0.1, 0.15) is 6.04 Å². The van der Waals surface area contributed by atoms with Gasteiger partial charge in [-0.1, -0.05) is 20.8 Å². The number of hydrogen-bond acceptors (Lipinski definition) is 3. The smallest absolute Gasteiger partial charge is 0.321 e. The maximum Gasteiger partial charge on any atom is 0.321 e. The van der Waals surface area contributed by atoms with Crippen molar-refractivity contribution in [1.29, 1.82) is 0 Å². The summed E-state index contributed by atoms with van der Waals surface area (Å²) in [5.74, 6) is -2.23. The molecule has 0 saturated carbocycles. The van der Waals surface area contributed by atoms with Gasteiger partial charge in [0.05, 0.1) is 6.42 Å². The number of halogens is 1. The van der Waals surface area contributed by atoms with E-state index in [1.165, 1.54) is 0 Å². The van der Waals surface area contributed by atoms with E-state index in [1.54, 1.807) is 0 Å². The zero-order valence-corrected chi connectivity index (χ0v) is 10.6. The summed E-state index contributed by atoms with van der Waals surface area (Å²) in [4.78, 5) is 21.0. The van der Waals surface area contributed by atoms with E-state index in [2.05, 4.69) is 5.32 Å². The Morgan fingerprint density at radius 1 is 1.25 bits per heavy atom. The molecule has 0 amide bonds. The monoisotopic (exact) mass is 253 g/mol. The molecule has 0 fully saturated rings. The Morgan fingerprint density at radius 2 is 1.75 bits per heavy atom. The van der Waals surface area contributed by atoms with Gasteiger partial charge in [0.15, 0.2) is 0 Å². The highest BCUT2D eigenvalue weighted by Gasteiger charge is 2.20. The average molecular weight is 254 g/mol. The van der Waals surface area contributed by atoms with Crippen molar-refractivity contribution >= 4 is 24.3 Å². The van der Waals surface area contributed by atoms with Crippen LogP contribution in [0.25, 0.3) is 0 Å². The largest absolute Gasteiger partial charge is 0.481 e. The van der Waals surface area contributed by atoms with E-state index in [9.17, 15) is 9.59 Å². The molecule has 16 heavy (non-hydrogen) atoms. The van der Waals surface area contributed by atoms with Crippen molar-refractivity contribution in [3.8, 4) is 0 Å². The molecule has 0 saturated heterocycles. The molecule has 0 radical (unpaired) electrons. The van der Waals surface area contributed by atoms with Crippen LogP contribution in [0.15, 0.2) is 0 Å². The lowest BCUT2D eigenvalue weighted by Crippen LogP contribution is -2.39. The van der Waals surface area contributed by atoms with E-state index in [0.717, 1.165) is 6.42 Å². The molecule has 0 aromatic heterocycles. The highest BCUT2D eigenvalue weighted by atomic mass is 35.5. The average Bonchev–Trinajstić information content (AvgIpc) is 1.99. The lowest BCUT2D eigenvalue weighted by Gasteiger charge is -2.20. The number of rotatable bonds is 6. The first kappa shape index (κ1) is 17.6. The molecule has 0 aliphatic rings. The molecule has 0 spiro atoms. The van der Waals surface area contributed by atoms with Gasteiger partial charge in [0.2, 0.25) is 0 Å². The van der Waals surface area contributed by atoms with Gasteiger partial charge in [-0.25, -0.2) is 0 Å². The Balaban J connectivity index is 0. The van der Waals surface area contributed by atoms with Crippen molar-refractivity contribution < 1.29 is 19.8 Å². The topological polar surface area (TPSA) is 86.6 Å². The van der Waals surface area contributed by atoms with E-state index in [4.69, 9.17) is 10.2 Å². The van der Waals surface area contributed by atoms with Crippen molar-refractivity contribution in [1.82, 2.24) is 5.32 Å². The molecule has 5 nitrogen and oxygen atoms in total. The van der Waals surface area contributed by atoms with Gasteiger partial charge in [0, 0.05) is 0 Å². The van der Waals surface area contributed by atoms with Crippen LogP contribution in [0.5, 0.6) is 0 Å². The van der Waals surface area contributed by atoms with Gasteiger partial charge in [-0.05, 0) is 18.4 Å². The maximum absolute atomic E-state index is 10.7. The van der Waals surface area contributed by atoms with Crippen LogP contribution in [0.3, 0.4) is 0 Å². The van der Waals surface area contributed by atoms with Gasteiger partial charge in [-0.2, -0.15) is 0 Å². The van der Waals surface area contributed by atoms with Gasteiger partial charge in [-0.3, -0.25) is 9.59 Å². The number of aliphatic carboxylic acids is 2. The number of carboxylic acids is 2. The number of carbonyl (C=O) groups is 2. The third kappa shape index (κ3) is 9.73. The van der Waals surface area contributed by atoms with E-state index in [1.807, 2.05) is 20.8 Å². The fourth-order valence-corrected chi connectivity index (χ4v) is 1.04. The first-order chi connectivity index (χ1) is 6.72. The molecule has 0 bridgehead atoms.